The molecule has 2 aliphatic rings. The molecule has 1 atom stereocenters. The van der Waals surface area contributed by atoms with Crippen molar-refractivity contribution in [2.45, 2.75) is 38.5 Å². The number of urea groups is 1. The number of nitrogens with zero attached hydrogens (tertiary/aromatic N) is 2. The van der Waals surface area contributed by atoms with Gasteiger partial charge < -0.3 is 24.6 Å². The van der Waals surface area contributed by atoms with Gasteiger partial charge in [0.2, 0.25) is 0 Å². The Bertz CT molecular complexity index is 556. The van der Waals surface area contributed by atoms with Gasteiger partial charge in [0.25, 0.3) is 0 Å². The van der Waals surface area contributed by atoms with Crippen LogP contribution in [0.4, 0.5) is 4.79 Å². The largest absolute Gasteiger partial charge is 0.490 e. The summed E-state index contributed by atoms with van der Waals surface area (Å²) in [4.78, 5) is 16.4. The molecule has 6 nitrogen and oxygen atoms in total. The smallest absolute Gasteiger partial charge is 0.318 e. The topological polar surface area (TPSA) is 54.0 Å². The first-order valence-corrected chi connectivity index (χ1v) is 9.18. The maximum Gasteiger partial charge on any atom is 0.318 e. The second-order valence-electron chi connectivity index (χ2n) is 7.04. The Morgan fingerprint density at radius 2 is 1.96 bits per heavy atom. The van der Waals surface area contributed by atoms with Crippen LogP contribution in [0.3, 0.4) is 0 Å². The minimum absolute atomic E-state index is 0.0255. The van der Waals surface area contributed by atoms with Crippen LogP contribution in [0.2, 0.25) is 0 Å². The lowest BCUT2D eigenvalue weighted by Crippen LogP contribution is -2.51. The SMILES string of the molecule is C[C@@H]1COCCN1C(=O)NCc1ccc(OC2CCN(C)CC2)cc1. The van der Waals surface area contributed by atoms with Gasteiger partial charge in [0, 0.05) is 26.2 Å². The number of nitrogens with one attached hydrogen (secondary N) is 1. The van der Waals surface area contributed by atoms with Crippen molar-refractivity contribution in [1.82, 2.24) is 15.1 Å². The van der Waals surface area contributed by atoms with E-state index < -0.39 is 0 Å². The molecule has 2 aliphatic heterocycles. The molecule has 2 fully saturated rings. The third kappa shape index (κ3) is 5.09. The summed E-state index contributed by atoms with van der Waals surface area (Å²) in [5.74, 6) is 0.909. The Hall–Kier alpha value is -1.79. The zero-order chi connectivity index (χ0) is 17.6. The molecule has 0 aliphatic carbocycles. The summed E-state index contributed by atoms with van der Waals surface area (Å²) in [6, 6.07) is 8.14. The molecule has 1 aromatic rings. The third-order valence-electron chi connectivity index (χ3n) is 4.96. The van der Waals surface area contributed by atoms with Gasteiger partial charge in [0.05, 0.1) is 19.3 Å². The van der Waals surface area contributed by atoms with Crippen LogP contribution >= 0.6 is 0 Å². The van der Waals surface area contributed by atoms with Gasteiger partial charge in [-0.25, -0.2) is 4.79 Å². The molecule has 0 spiro atoms. The van der Waals surface area contributed by atoms with Crippen LogP contribution in [0, 0.1) is 0 Å². The van der Waals surface area contributed by atoms with Gasteiger partial charge in [-0.15, -0.1) is 0 Å². The van der Waals surface area contributed by atoms with Crippen molar-refractivity contribution in [2.24, 2.45) is 0 Å². The van der Waals surface area contributed by atoms with E-state index in [9.17, 15) is 4.79 Å². The maximum absolute atomic E-state index is 12.3. The van der Waals surface area contributed by atoms with Crippen LogP contribution in [-0.2, 0) is 11.3 Å². The van der Waals surface area contributed by atoms with Crippen LogP contribution in [-0.4, -0.2) is 67.9 Å². The summed E-state index contributed by atoms with van der Waals surface area (Å²) in [7, 11) is 2.15. The Labute approximate surface area is 150 Å². The number of hydrogen-bond acceptors (Lipinski definition) is 4. The lowest BCUT2D eigenvalue weighted by atomic mass is 10.1. The standard InChI is InChI=1S/C19H29N3O3/c1-15-14-24-12-11-22(15)19(23)20-13-16-3-5-17(6-4-16)25-18-7-9-21(2)10-8-18/h3-6,15,18H,7-14H2,1-2H3,(H,20,23)/t15-/m1/s1. The number of likely N-dealkylation sites (tertiary alicyclic amines) is 1. The molecule has 0 saturated carbocycles. The van der Waals surface area contributed by atoms with E-state index in [1.54, 1.807) is 0 Å². The van der Waals surface area contributed by atoms with E-state index in [4.69, 9.17) is 9.47 Å². The molecule has 6 heteroatoms. The summed E-state index contributed by atoms with van der Waals surface area (Å²) in [6.07, 6.45) is 2.46. The number of rotatable bonds is 4. The highest BCUT2D eigenvalue weighted by Crippen LogP contribution is 2.19. The molecule has 0 radical (unpaired) electrons. The normalized spacial score (nSPS) is 22.6. The molecule has 2 saturated heterocycles. The molecular weight excluding hydrogens is 318 g/mol. The highest BCUT2D eigenvalue weighted by molar-refractivity contribution is 5.74. The Morgan fingerprint density at radius 1 is 1.24 bits per heavy atom. The fraction of sp³-hybridized carbons (Fsp3) is 0.632. The van der Waals surface area contributed by atoms with Crippen molar-refractivity contribution in [3.8, 4) is 5.75 Å². The van der Waals surface area contributed by atoms with Crippen molar-refractivity contribution in [3.63, 3.8) is 0 Å². The number of piperidine rings is 1. The summed E-state index contributed by atoms with van der Waals surface area (Å²) in [5, 5.41) is 2.99. The molecule has 2 amide bonds. The lowest BCUT2D eigenvalue weighted by Gasteiger charge is -2.33. The monoisotopic (exact) mass is 347 g/mol. The Morgan fingerprint density at radius 3 is 2.64 bits per heavy atom. The van der Waals surface area contributed by atoms with Crippen LogP contribution in [0.15, 0.2) is 24.3 Å². The number of carbonyl (C=O) groups excluding carboxylic acids is 1. The number of morpholine rings is 1. The van der Waals surface area contributed by atoms with E-state index in [2.05, 4.69) is 17.3 Å². The fourth-order valence-electron chi connectivity index (χ4n) is 3.29. The maximum atomic E-state index is 12.3. The zero-order valence-corrected chi connectivity index (χ0v) is 15.2. The molecular formula is C19H29N3O3. The molecule has 0 bridgehead atoms. The Balaban J connectivity index is 1.45. The van der Waals surface area contributed by atoms with E-state index >= 15 is 0 Å². The summed E-state index contributed by atoms with van der Waals surface area (Å²) < 4.78 is 11.4. The highest BCUT2D eigenvalue weighted by Gasteiger charge is 2.23. The number of amides is 2. The van der Waals surface area contributed by atoms with Gasteiger partial charge in [0.1, 0.15) is 11.9 Å². The average Bonchev–Trinajstić information content (AvgIpc) is 2.63. The van der Waals surface area contributed by atoms with Crippen molar-refractivity contribution < 1.29 is 14.3 Å². The van der Waals surface area contributed by atoms with Crippen LogP contribution in [0.25, 0.3) is 0 Å². The van der Waals surface area contributed by atoms with Crippen molar-refractivity contribution in [3.05, 3.63) is 29.8 Å². The summed E-state index contributed by atoms with van der Waals surface area (Å²) >= 11 is 0. The first-order valence-electron chi connectivity index (χ1n) is 9.18. The molecule has 3 rings (SSSR count). The highest BCUT2D eigenvalue weighted by atomic mass is 16.5. The molecule has 0 aromatic heterocycles. The number of carbonyl (C=O) groups is 1. The number of hydrogen-bond donors (Lipinski definition) is 1. The fourth-order valence-corrected chi connectivity index (χ4v) is 3.29. The molecule has 0 unspecified atom stereocenters. The first-order chi connectivity index (χ1) is 12.1. The van der Waals surface area contributed by atoms with E-state index in [1.807, 2.05) is 36.1 Å². The van der Waals surface area contributed by atoms with E-state index in [0.717, 1.165) is 37.2 Å². The molecule has 1 aromatic carbocycles. The quantitative estimate of drug-likeness (QED) is 0.906. The van der Waals surface area contributed by atoms with E-state index in [-0.39, 0.29) is 12.1 Å². The molecule has 138 valence electrons. The average molecular weight is 347 g/mol. The minimum atomic E-state index is -0.0255. The molecule has 25 heavy (non-hydrogen) atoms. The van der Waals surface area contributed by atoms with E-state index in [1.165, 1.54) is 0 Å². The van der Waals surface area contributed by atoms with Crippen LogP contribution in [0.1, 0.15) is 25.3 Å². The van der Waals surface area contributed by atoms with Gasteiger partial charge in [-0.05, 0) is 44.5 Å². The predicted octanol–water partition coefficient (Wildman–Crippen LogP) is 2.09. The summed E-state index contributed by atoms with van der Waals surface area (Å²) in [6.45, 7) is 6.59. The first kappa shape index (κ1) is 18.0. The minimum Gasteiger partial charge on any atom is -0.490 e. The van der Waals surface area contributed by atoms with Crippen molar-refractivity contribution in [2.75, 3.05) is 39.9 Å². The van der Waals surface area contributed by atoms with Crippen molar-refractivity contribution in [1.29, 1.82) is 0 Å². The number of ether oxygens (including phenoxy) is 2. The van der Waals surface area contributed by atoms with Gasteiger partial charge in [-0.1, -0.05) is 12.1 Å². The number of benzene rings is 1. The zero-order valence-electron chi connectivity index (χ0n) is 15.2. The van der Waals surface area contributed by atoms with Gasteiger partial charge in [-0.3, -0.25) is 0 Å². The van der Waals surface area contributed by atoms with Crippen LogP contribution in [0.5, 0.6) is 5.75 Å². The predicted molar refractivity (Wildman–Crippen MR) is 96.8 cm³/mol. The molecule has 2 heterocycles. The molecule has 1 N–H and O–H groups in total. The van der Waals surface area contributed by atoms with Gasteiger partial charge >= 0.3 is 6.03 Å². The van der Waals surface area contributed by atoms with Crippen LogP contribution < -0.4 is 10.1 Å². The van der Waals surface area contributed by atoms with Gasteiger partial charge in [-0.2, -0.15) is 0 Å². The van der Waals surface area contributed by atoms with Crippen molar-refractivity contribution >= 4 is 6.03 Å². The van der Waals surface area contributed by atoms with Gasteiger partial charge in [0.15, 0.2) is 0 Å². The second kappa shape index (κ2) is 8.54. The third-order valence-corrected chi connectivity index (χ3v) is 4.96. The Kier molecular flexibility index (Phi) is 6.15. The van der Waals surface area contributed by atoms with E-state index in [0.29, 0.717) is 32.4 Å². The summed E-state index contributed by atoms with van der Waals surface area (Å²) in [5.41, 5.74) is 1.07. The lowest BCUT2D eigenvalue weighted by molar-refractivity contribution is 0.0190. The second-order valence-corrected chi connectivity index (χ2v) is 7.04.